The number of benzene rings is 2. The third-order valence-corrected chi connectivity index (χ3v) is 7.18. The molecule has 7 heteroatoms. The number of carbonyl (C=O) groups excluding carboxylic acids is 1. The van der Waals surface area contributed by atoms with E-state index in [-0.39, 0.29) is 10.8 Å². The Hall–Kier alpha value is -2.38. The van der Waals surface area contributed by atoms with E-state index in [0.29, 0.717) is 25.2 Å². The van der Waals surface area contributed by atoms with Gasteiger partial charge in [-0.15, -0.1) is 0 Å². The Morgan fingerprint density at radius 3 is 2.32 bits per heavy atom. The lowest BCUT2D eigenvalue weighted by Crippen LogP contribution is -2.32. The highest BCUT2D eigenvalue weighted by Crippen LogP contribution is 2.29. The minimum atomic E-state index is -3.49. The predicted octanol–water partition coefficient (Wildman–Crippen LogP) is 3.19. The normalized spacial score (nSPS) is 20.1. The molecule has 2 heterocycles. The van der Waals surface area contributed by atoms with Gasteiger partial charge in [-0.2, -0.15) is 4.31 Å². The molecule has 1 fully saturated rings. The van der Waals surface area contributed by atoms with Crippen molar-refractivity contribution in [1.29, 1.82) is 0 Å². The van der Waals surface area contributed by atoms with E-state index < -0.39 is 16.1 Å². The highest BCUT2D eigenvalue weighted by molar-refractivity contribution is 7.89. The van der Waals surface area contributed by atoms with Crippen molar-refractivity contribution in [3.8, 4) is 5.75 Å². The summed E-state index contributed by atoms with van der Waals surface area (Å²) in [6.07, 6.45) is 3.91. The zero-order chi connectivity index (χ0) is 19.6. The molecule has 2 aromatic carbocycles. The largest absolute Gasteiger partial charge is 0.480 e. The zero-order valence-corrected chi connectivity index (χ0v) is 16.5. The molecule has 0 aliphatic carbocycles. The number of rotatable bonds is 4. The molecule has 0 spiro atoms. The summed E-state index contributed by atoms with van der Waals surface area (Å²) >= 11 is 0. The molecule has 1 saturated heterocycles. The van der Waals surface area contributed by atoms with E-state index in [0.717, 1.165) is 37.0 Å². The van der Waals surface area contributed by atoms with Gasteiger partial charge in [-0.3, -0.25) is 4.79 Å². The molecule has 148 valence electrons. The molecular formula is C21H24N2O4S. The molecule has 28 heavy (non-hydrogen) atoms. The fourth-order valence-electron chi connectivity index (χ4n) is 3.69. The van der Waals surface area contributed by atoms with Gasteiger partial charge in [0.25, 0.3) is 5.91 Å². The summed E-state index contributed by atoms with van der Waals surface area (Å²) in [4.78, 5) is 12.7. The van der Waals surface area contributed by atoms with Gasteiger partial charge in [0.2, 0.25) is 10.0 Å². The second-order valence-corrected chi connectivity index (χ2v) is 9.19. The Morgan fingerprint density at radius 2 is 1.64 bits per heavy atom. The third kappa shape index (κ3) is 3.91. The SMILES string of the molecule is O=C(Nc1ccc(S(=O)(=O)N2CCCCCC2)cc1)[C@@H]1Cc2ccccc2O1. The minimum absolute atomic E-state index is 0.237. The summed E-state index contributed by atoms with van der Waals surface area (Å²) in [5.41, 5.74) is 1.57. The van der Waals surface area contributed by atoms with E-state index in [1.54, 1.807) is 28.6 Å². The fraction of sp³-hybridized carbons (Fsp3) is 0.381. The molecule has 2 aliphatic heterocycles. The Labute approximate surface area is 165 Å². The van der Waals surface area contributed by atoms with Crippen molar-refractivity contribution < 1.29 is 17.9 Å². The number of carbonyl (C=O) groups is 1. The topological polar surface area (TPSA) is 75.7 Å². The van der Waals surface area contributed by atoms with Gasteiger partial charge in [0.15, 0.2) is 6.10 Å². The zero-order valence-electron chi connectivity index (χ0n) is 15.6. The van der Waals surface area contributed by atoms with Crippen LogP contribution in [0.3, 0.4) is 0 Å². The quantitative estimate of drug-likeness (QED) is 0.855. The summed E-state index contributed by atoms with van der Waals surface area (Å²) in [5.74, 6) is 0.501. The molecule has 2 aromatic rings. The van der Waals surface area contributed by atoms with Gasteiger partial charge >= 0.3 is 0 Å². The van der Waals surface area contributed by atoms with E-state index in [2.05, 4.69) is 5.32 Å². The van der Waals surface area contributed by atoms with Gasteiger partial charge in [-0.05, 0) is 48.7 Å². The summed E-state index contributed by atoms with van der Waals surface area (Å²) < 4.78 is 32.9. The van der Waals surface area contributed by atoms with Gasteiger partial charge in [-0.1, -0.05) is 31.0 Å². The lowest BCUT2D eigenvalue weighted by molar-refractivity contribution is -0.122. The monoisotopic (exact) mass is 400 g/mol. The van der Waals surface area contributed by atoms with Crippen LogP contribution in [0.15, 0.2) is 53.4 Å². The molecule has 0 saturated carbocycles. The number of nitrogens with one attached hydrogen (secondary N) is 1. The number of ether oxygens (including phenoxy) is 1. The van der Waals surface area contributed by atoms with Crippen LogP contribution < -0.4 is 10.1 Å². The fourth-order valence-corrected chi connectivity index (χ4v) is 5.21. The van der Waals surface area contributed by atoms with Crippen LogP contribution >= 0.6 is 0 Å². The molecule has 2 aliphatic rings. The van der Waals surface area contributed by atoms with Crippen LogP contribution in [-0.4, -0.2) is 37.8 Å². The van der Waals surface area contributed by atoms with Crippen LogP contribution in [0.4, 0.5) is 5.69 Å². The lowest BCUT2D eigenvalue weighted by atomic mass is 10.1. The molecule has 0 bridgehead atoms. The first-order chi connectivity index (χ1) is 13.5. The number of anilines is 1. The molecule has 1 amide bonds. The number of fused-ring (bicyclic) bond motifs is 1. The minimum Gasteiger partial charge on any atom is -0.480 e. The van der Waals surface area contributed by atoms with Crippen molar-refractivity contribution in [1.82, 2.24) is 4.31 Å². The van der Waals surface area contributed by atoms with Crippen LogP contribution in [0.2, 0.25) is 0 Å². The van der Waals surface area contributed by atoms with Gasteiger partial charge in [0.05, 0.1) is 4.90 Å². The van der Waals surface area contributed by atoms with Crippen molar-refractivity contribution >= 4 is 21.6 Å². The maximum absolute atomic E-state index is 12.8. The third-order valence-electron chi connectivity index (χ3n) is 5.26. The highest BCUT2D eigenvalue weighted by Gasteiger charge is 2.29. The van der Waals surface area contributed by atoms with E-state index in [9.17, 15) is 13.2 Å². The first kappa shape index (κ1) is 19.0. The van der Waals surface area contributed by atoms with Gasteiger partial charge in [0, 0.05) is 25.2 Å². The first-order valence-corrected chi connectivity index (χ1v) is 11.1. The average Bonchev–Trinajstić information content (AvgIpc) is 2.94. The van der Waals surface area contributed by atoms with E-state index in [1.165, 1.54) is 0 Å². The molecule has 4 rings (SSSR count). The molecule has 0 radical (unpaired) electrons. The van der Waals surface area contributed by atoms with Crippen LogP contribution in [0.25, 0.3) is 0 Å². The van der Waals surface area contributed by atoms with Crippen LogP contribution in [-0.2, 0) is 21.2 Å². The molecule has 6 nitrogen and oxygen atoms in total. The van der Waals surface area contributed by atoms with E-state index >= 15 is 0 Å². The number of amides is 1. The smallest absolute Gasteiger partial charge is 0.265 e. The predicted molar refractivity (Wildman–Crippen MR) is 107 cm³/mol. The number of para-hydroxylation sites is 1. The summed E-state index contributed by atoms with van der Waals surface area (Å²) in [5, 5.41) is 2.81. The second-order valence-electron chi connectivity index (χ2n) is 7.25. The number of nitrogens with zero attached hydrogens (tertiary/aromatic N) is 1. The lowest BCUT2D eigenvalue weighted by Gasteiger charge is -2.20. The molecule has 0 unspecified atom stereocenters. The summed E-state index contributed by atoms with van der Waals surface area (Å²) in [7, 11) is -3.49. The Bertz CT molecular complexity index is 924. The van der Waals surface area contributed by atoms with Crippen LogP contribution in [0.5, 0.6) is 5.75 Å². The maximum Gasteiger partial charge on any atom is 0.265 e. The van der Waals surface area contributed by atoms with Gasteiger partial charge in [-0.25, -0.2) is 8.42 Å². The molecule has 1 atom stereocenters. The van der Waals surface area contributed by atoms with Crippen LogP contribution in [0.1, 0.15) is 31.2 Å². The number of hydrogen-bond donors (Lipinski definition) is 1. The van der Waals surface area contributed by atoms with E-state index in [4.69, 9.17) is 4.74 Å². The summed E-state index contributed by atoms with van der Waals surface area (Å²) in [6.45, 7) is 1.14. The Balaban J connectivity index is 1.41. The second kappa shape index (κ2) is 7.93. The number of hydrogen-bond acceptors (Lipinski definition) is 4. The molecular weight excluding hydrogens is 376 g/mol. The van der Waals surface area contributed by atoms with E-state index in [1.807, 2.05) is 24.3 Å². The standard InChI is InChI=1S/C21H24N2O4S/c24-21(20-15-16-7-3-4-8-19(16)27-20)22-17-9-11-18(12-10-17)28(25,26)23-13-5-1-2-6-14-23/h3-4,7-12,20H,1-2,5-6,13-15H2,(H,22,24)/t20-/m0/s1. The molecule has 1 N–H and O–H groups in total. The van der Waals surface area contributed by atoms with Crippen molar-refractivity contribution in [2.45, 2.75) is 43.1 Å². The first-order valence-electron chi connectivity index (χ1n) is 9.70. The van der Waals surface area contributed by atoms with Crippen molar-refractivity contribution in [3.05, 3.63) is 54.1 Å². The highest BCUT2D eigenvalue weighted by atomic mass is 32.2. The van der Waals surface area contributed by atoms with Gasteiger partial charge in [0.1, 0.15) is 5.75 Å². The average molecular weight is 401 g/mol. The van der Waals surface area contributed by atoms with Crippen molar-refractivity contribution in [2.75, 3.05) is 18.4 Å². The Kier molecular flexibility index (Phi) is 5.37. The maximum atomic E-state index is 12.8. The Morgan fingerprint density at radius 1 is 0.964 bits per heavy atom. The summed E-state index contributed by atoms with van der Waals surface area (Å²) in [6, 6.07) is 14.0. The van der Waals surface area contributed by atoms with Crippen LogP contribution in [0, 0.1) is 0 Å². The van der Waals surface area contributed by atoms with Crippen molar-refractivity contribution in [3.63, 3.8) is 0 Å². The van der Waals surface area contributed by atoms with Crippen molar-refractivity contribution in [2.24, 2.45) is 0 Å². The molecule has 0 aromatic heterocycles. The van der Waals surface area contributed by atoms with Gasteiger partial charge < -0.3 is 10.1 Å². The number of sulfonamides is 1.